The van der Waals surface area contributed by atoms with E-state index in [1.807, 2.05) is 11.4 Å². The van der Waals surface area contributed by atoms with Crippen LogP contribution in [0.15, 0.2) is 28.1 Å². The SMILES string of the molecule is O=C(N[C@H](CO)C(=O)O)c1cc(-c2cccs2)on1. The number of carbonyl (C=O) groups excluding carboxylic acids is 1. The van der Waals surface area contributed by atoms with Crippen molar-refractivity contribution in [3.05, 3.63) is 29.3 Å². The maximum Gasteiger partial charge on any atom is 0.328 e. The van der Waals surface area contributed by atoms with Crippen molar-refractivity contribution in [2.45, 2.75) is 6.04 Å². The number of aliphatic hydroxyl groups is 1. The number of rotatable bonds is 5. The van der Waals surface area contributed by atoms with Gasteiger partial charge in [0.1, 0.15) is 0 Å². The molecule has 8 heteroatoms. The van der Waals surface area contributed by atoms with Crippen LogP contribution in [-0.2, 0) is 4.79 Å². The summed E-state index contributed by atoms with van der Waals surface area (Å²) in [5.41, 5.74) is -0.0388. The molecule has 0 fully saturated rings. The van der Waals surface area contributed by atoms with Gasteiger partial charge in [-0.3, -0.25) is 4.79 Å². The monoisotopic (exact) mass is 282 g/mol. The van der Waals surface area contributed by atoms with E-state index in [-0.39, 0.29) is 5.69 Å². The molecule has 1 amide bonds. The highest BCUT2D eigenvalue weighted by atomic mass is 32.1. The van der Waals surface area contributed by atoms with E-state index in [1.54, 1.807) is 6.07 Å². The van der Waals surface area contributed by atoms with E-state index < -0.39 is 24.5 Å². The average molecular weight is 282 g/mol. The van der Waals surface area contributed by atoms with Crippen molar-refractivity contribution in [2.24, 2.45) is 0 Å². The lowest BCUT2D eigenvalue weighted by atomic mass is 10.2. The minimum atomic E-state index is -1.37. The number of carbonyl (C=O) groups is 2. The number of amides is 1. The zero-order valence-electron chi connectivity index (χ0n) is 9.57. The predicted molar refractivity (Wildman–Crippen MR) is 65.8 cm³/mol. The third-order valence-corrected chi connectivity index (χ3v) is 3.18. The van der Waals surface area contributed by atoms with Gasteiger partial charge in [0.15, 0.2) is 17.5 Å². The van der Waals surface area contributed by atoms with Gasteiger partial charge in [0.25, 0.3) is 5.91 Å². The molecule has 19 heavy (non-hydrogen) atoms. The topological polar surface area (TPSA) is 113 Å². The number of aliphatic hydroxyl groups excluding tert-OH is 1. The summed E-state index contributed by atoms with van der Waals surface area (Å²) in [6, 6.07) is 3.68. The van der Waals surface area contributed by atoms with E-state index in [0.717, 1.165) is 4.88 Å². The van der Waals surface area contributed by atoms with Gasteiger partial charge in [-0.2, -0.15) is 0 Å². The second-order valence-electron chi connectivity index (χ2n) is 3.60. The van der Waals surface area contributed by atoms with Gasteiger partial charge >= 0.3 is 5.97 Å². The molecular formula is C11H10N2O5S. The Morgan fingerprint density at radius 1 is 1.53 bits per heavy atom. The number of nitrogens with one attached hydrogen (secondary N) is 1. The third kappa shape index (κ3) is 2.98. The van der Waals surface area contributed by atoms with E-state index in [2.05, 4.69) is 10.5 Å². The highest BCUT2D eigenvalue weighted by Crippen LogP contribution is 2.24. The summed E-state index contributed by atoms with van der Waals surface area (Å²) >= 11 is 1.42. The van der Waals surface area contributed by atoms with Gasteiger partial charge in [-0.15, -0.1) is 11.3 Å². The maximum atomic E-state index is 11.7. The Bertz CT molecular complexity index is 578. The number of hydrogen-bond acceptors (Lipinski definition) is 6. The van der Waals surface area contributed by atoms with Crippen molar-refractivity contribution in [3.8, 4) is 10.6 Å². The largest absolute Gasteiger partial charge is 0.480 e. The van der Waals surface area contributed by atoms with Crippen molar-refractivity contribution in [1.29, 1.82) is 0 Å². The predicted octanol–water partition coefficient (Wildman–Crippen LogP) is 0.578. The fraction of sp³-hybridized carbons (Fsp3) is 0.182. The Balaban J connectivity index is 2.10. The average Bonchev–Trinajstić information content (AvgIpc) is 3.04. The Kier molecular flexibility index (Phi) is 3.93. The number of aliphatic carboxylic acids is 1. The van der Waals surface area contributed by atoms with Crippen molar-refractivity contribution in [2.75, 3.05) is 6.61 Å². The molecule has 0 saturated heterocycles. The third-order valence-electron chi connectivity index (χ3n) is 2.29. The van der Waals surface area contributed by atoms with Crippen LogP contribution in [0.3, 0.4) is 0 Å². The number of thiophene rings is 1. The van der Waals surface area contributed by atoms with Gasteiger partial charge in [0, 0.05) is 6.07 Å². The van der Waals surface area contributed by atoms with Crippen LogP contribution in [0.25, 0.3) is 10.6 Å². The lowest BCUT2D eigenvalue weighted by molar-refractivity contribution is -0.140. The highest BCUT2D eigenvalue weighted by molar-refractivity contribution is 7.13. The molecule has 7 nitrogen and oxygen atoms in total. The summed E-state index contributed by atoms with van der Waals surface area (Å²) in [6.45, 7) is -0.698. The van der Waals surface area contributed by atoms with Crippen molar-refractivity contribution in [1.82, 2.24) is 10.5 Å². The second kappa shape index (κ2) is 5.63. The Hall–Kier alpha value is -2.19. The summed E-state index contributed by atoms with van der Waals surface area (Å²) in [5.74, 6) is -1.61. The molecule has 0 aromatic carbocycles. The van der Waals surface area contributed by atoms with E-state index in [1.165, 1.54) is 17.4 Å². The number of nitrogens with zero attached hydrogens (tertiary/aromatic N) is 1. The number of aromatic nitrogens is 1. The summed E-state index contributed by atoms with van der Waals surface area (Å²) in [5, 5.41) is 25.1. The minimum absolute atomic E-state index is 0.0388. The molecule has 0 aliphatic heterocycles. The van der Waals surface area contributed by atoms with Crippen molar-refractivity contribution in [3.63, 3.8) is 0 Å². The van der Waals surface area contributed by atoms with Crippen LogP contribution in [0, 0.1) is 0 Å². The van der Waals surface area contributed by atoms with E-state index in [0.29, 0.717) is 5.76 Å². The van der Waals surface area contributed by atoms with Crippen molar-refractivity contribution < 1.29 is 24.3 Å². The van der Waals surface area contributed by atoms with Crippen LogP contribution >= 0.6 is 11.3 Å². The molecule has 0 spiro atoms. The van der Waals surface area contributed by atoms with E-state index in [4.69, 9.17) is 14.7 Å². The standard InChI is InChI=1S/C11H10N2O5S/c14-5-7(11(16)17)12-10(15)6-4-8(18-13-6)9-2-1-3-19-9/h1-4,7,14H,5H2,(H,12,15)(H,16,17)/t7-/m1/s1. The fourth-order valence-corrected chi connectivity index (χ4v) is 2.01. The quantitative estimate of drug-likeness (QED) is 0.739. The molecule has 0 saturated carbocycles. The van der Waals surface area contributed by atoms with Crippen LogP contribution in [-0.4, -0.2) is 39.9 Å². The normalized spacial score (nSPS) is 12.1. The molecular weight excluding hydrogens is 272 g/mol. The molecule has 1 atom stereocenters. The van der Waals surface area contributed by atoms with Gasteiger partial charge < -0.3 is 20.1 Å². The van der Waals surface area contributed by atoms with Crippen molar-refractivity contribution >= 4 is 23.2 Å². The zero-order chi connectivity index (χ0) is 13.8. The highest BCUT2D eigenvalue weighted by Gasteiger charge is 2.22. The molecule has 0 bridgehead atoms. The molecule has 0 aliphatic rings. The van der Waals surface area contributed by atoms with E-state index >= 15 is 0 Å². The van der Waals surface area contributed by atoms with Gasteiger partial charge in [0.2, 0.25) is 0 Å². The molecule has 2 rings (SSSR count). The van der Waals surface area contributed by atoms with Gasteiger partial charge in [-0.05, 0) is 11.4 Å². The molecule has 2 heterocycles. The lowest BCUT2D eigenvalue weighted by Gasteiger charge is -2.09. The van der Waals surface area contributed by atoms with E-state index in [9.17, 15) is 9.59 Å². The summed E-state index contributed by atoms with van der Waals surface area (Å²) in [6.07, 6.45) is 0. The summed E-state index contributed by atoms with van der Waals surface area (Å²) in [4.78, 5) is 23.2. The van der Waals surface area contributed by atoms with Crippen LogP contribution in [0.4, 0.5) is 0 Å². The fourth-order valence-electron chi connectivity index (χ4n) is 1.33. The molecule has 0 unspecified atom stereocenters. The van der Waals surface area contributed by atoms with Gasteiger partial charge in [0.05, 0.1) is 11.5 Å². The minimum Gasteiger partial charge on any atom is -0.480 e. The first kappa shape index (κ1) is 13.2. The Morgan fingerprint density at radius 2 is 2.32 bits per heavy atom. The first-order valence-corrected chi connectivity index (χ1v) is 6.15. The van der Waals surface area contributed by atoms with Gasteiger partial charge in [-0.25, -0.2) is 4.79 Å². The smallest absolute Gasteiger partial charge is 0.328 e. The molecule has 0 aliphatic carbocycles. The number of carboxylic acid groups (broad SMARTS) is 1. The van der Waals surface area contributed by atoms with Gasteiger partial charge in [-0.1, -0.05) is 11.2 Å². The lowest BCUT2D eigenvalue weighted by Crippen LogP contribution is -2.43. The molecule has 0 radical (unpaired) electrons. The second-order valence-corrected chi connectivity index (χ2v) is 4.55. The Morgan fingerprint density at radius 3 is 2.89 bits per heavy atom. The molecule has 2 aromatic rings. The number of hydrogen-bond donors (Lipinski definition) is 3. The Labute approximate surface area is 111 Å². The first-order valence-electron chi connectivity index (χ1n) is 5.27. The van der Waals surface area contributed by atoms with Crippen LogP contribution in [0.5, 0.6) is 0 Å². The van der Waals surface area contributed by atoms with Crippen LogP contribution < -0.4 is 5.32 Å². The molecule has 100 valence electrons. The zero-order valence-corrected chi connectivity index (χ0v) is 10.4. The summed E-state index contributed by atoms with van der Waals surface area (Å²) in [7, 11) is 0. The number of carboxylic acids is 1. The first-order chi connectivity index (χ1) is 9.11. The van der Waals surface area contributed by atoms with Crippen LogP contribution in [0.2, 0.25) is 0 Å². The van der Waals surface area contributed by atoms with Crippen LogP contribution in [0.1, 0.15) is 10.5 Å². The summed E-state index contributed by atoms with van der Waals surface area (Å²) < 4.78 is 5.00. The maximum absolute atomic E-state index is 11.7. The molecule has 2 aromatic heterocycles. The molecule has 3 N–H and O–H groups in total.